The fourth-order valence-electron chi connectivity index (χ4n) is 1.99. The van der Waals surface area contributed by atoms with Crippen molar-refractivity contribution in [2.45, 2.75) is 25.1 Å². The van der Waals surface area contributed by atoms with Crippen LogP contribution in [0.3, 0.4) is 0 Å². The standard InChI is InChI=1S/C12H18ClN3S/c1-2-9-7-16(5-6-17-9)8-11-10(13)3-4-12(14)15-11/h3-4,9H,2,5-8H2,1H3,(H2,14,15). The van der Waals surface area contributed by atoms with Crippen LogP contribution in [0.5, 0.6) is 0 Å². The summed E-state index contributed by atoms with van der Waals surface area (Å²) in [4.78, 5) is 6.73. The molecule has 1 unspecified atom stereocenters. The lowest BCUT2D eigenvalue weighted by Gasteiger charge is -2.31. The number of aromatic nitrogens is 1. The highest BCUT2D eigenvalue weighted by molar-refractivity contribution is 8.00. The third-order valence-electron chi connectivity index (χ3n) is 2.99. The smallest absolute Gasteiger partial charge is 0.123 e. The monoisotopic (exact) mass is 271 g/mol. The van der Waals surface area contributed by atoms with Gasteiger partial charge in [0.2, 0.25) is 0 Å². The third-order valence-corrected chi connectivity index (χ3v) is 4.71. The molecule has 1 aromatic rings. The molecule has 0 aliphatic carbocycles. The van der Waals surface area contributed by atoms with Crippen LogP contribution in [0.25, 0.3) is 0 Å². The van der Waals surface area contributed by atoms with Crippen LogP contribution >= 0.6 is 23.4 Å². The van der Waals surface area contributed by atoms with Crippen LogP contribution < -0.4 is 5.73 Å². The maximum Gasteiger partial charge on any atom is 0.123 e. The van der Waals surface area contributed by atoms with Gasteiger partial charge in [-0.05, 0) is 18.6 Å². The predicted molar refractivity (Wildman–Crippen MR) is 75.5 cm³/mol. The Hall–Kier alpha value is -0.450. The first kappa shape index (κ1) is 13.0. The average Bonchev–Trinajstić information content (AvgIpc) is 2.34. The average molecular weight is 272 g/mol. The molecule has 5 heteroatoms. The van der Waals surface area contributed by atoms with Gasteiger partial charge in [0.25, 0.3) is 0 Å². The Balaban J connectivity index is 2.02. The number of nitrogen functional groups attached to an aromatic ring is 1. The van der Waals surface area contributed by atoms with Gasteiger partial charge in [-0.1, -0.05) is 18.5 Å². The normalized spacial score (nSPS) is 21.6. The number of thioether (sulfide) groups is 1. The summed E-state index contributed by atoms with van der Waals surface area (Å²) >= 11 is 8.20. The number of rotatable bonds is 3. The van der Waals surface area contributed by atoms with E-state index in [1.54, 1.807) is 6.07 Å². The highest BCUT2D eigenvalue weighted by Crippen LogP contribution is 2.24. The Kier molecular flexibility index (Phi) is 4.54. The summed E-state index contributed by atoms with van der Waals surface area (Å²) in [5, 5.41) is 1.45. The number of hydrogen-bond donors (Lipinski definition) is 1. The van der Waals surface area contributed by atoms with Gasteiger partial charge in [0, 0.05) is 30.6 Å². The van der Waals surface area contributed by atoms with E-state index in [2.05, 4.69) is 28.6 Å². The fraction of sp³-hybridized carbons (Fsp3) is 0.583. The van der Waals surface area contributed by atoms with E-state index in [-0.39, 0.29) is 0 Å². The van der Waals surface area contributed by atoms with Crippen molar-refractivity contribution in [2.24, 2.45) is 0 Å². The fourth-order valence-corrected chi connectivity index (χ4v) is 3.41. The lowest BCUT2D eigenvalue weighted by atomic mass is 10.2. The molecular weight excluding hydrogens is 254 g/mol. The molecule has 2 heterocycles. The molecular formula is C12H18ClN3S. The second kappa shape index (κ2) is 5.94. The number of anilines is 1. The number of halogens is 1. The molecule has 1 aromatic heterocycles. The van der Waals surface area contributed by atoms with Gasteiger partial charge in [0.05, 0.1) is 10.7 Å². The molecule has 1 aliphatic heterocycles. The molecule has 0 amide bonds. The lowest BCUT2D eigenvalue weighted by molar-refractivity contribution is 0.270. The van der Waals surface area contributed by atoms with Gasteiger partial charge in [0.1, 0.15) is 5.82 Å². The van der Waals surface area contributed by atoms with Crippen molar-refractivity contribution in [1.29, 1.82) is 0 Å². The van der Waals surface area contributed by atoms with Crippen LogP contribution in [0.1, 0.15) is 19.0 Å². The Morgan fingerprint density at radius 1 is 1.59 bits per heavy atom. The van der Waals surface area contributed by atoms with Crippen molar-refractivity contribution in [3.63, 3.8) is 0 Å². The van der Waals surface area contributed by atoms with Gasteiger partial charge in [-0.2, -0.15) is 11.8 Å². The van der Waals surface area contributed by atoms with E-state index < -0.39 is 0 Å². The van der Waals surface area contributed by atoms with E-state index >= 15 is 0 Å². The minimum absolute atomic E-state index is 0.544. The first-order valence-corrected chi connectivity index (χ1v) is 7.36. The maximum atomic E-state index is 6.14. The molecule has 0 saturated carbocycles. The topological polar surface area (TPSA) is 42.2 Å². The zero-order chi connectivity index (χ0) is 12.3. The molecule has 1 atom stereocenters. The van der Waals surface area contributed by atoms with Crippen LogP contribution in [0, 0.1) is 0 Å². The summed E-state index contributed by atoms with van der Waals surface area (Å²) in [6, 6.07) is 3.57. The largest absolute Gasteiger partial charge is 0.384 e. The summed E-state index contributed by atoms with van der Waals surface area (Å²) < 4.78 is 0. The molecule has 1 aliphatic rings. The lowest BCUT2D eigenvalue weighted by Crippen LogP contribution is -2.37. The van der Waals surface area contributed by atoms with Crippen molar-refractivity contribution < 1.29 is 0 Å². The van der Waals surface area contributed by atoms with Gasteiger partial charge in [-0.25, -0.2) is 4.98 Å². The zero-order valence-electron chi connectivity index (χ0n) is 10.0. The molecule has 0 radical (unpaired) electrons. The molecule has 0 aromatic carbocycles. The van der Waals surface area contributed by atoms with E-state index in [9.17, 15) is 0 Å². The number of nitrogens with zero attached hydrogens (tertiary/aromatic N) is 2. The second-order valence-electron chi connectivity index (χ2n) is 4.30. The number of nitrogens with two attached hydrogens (primary N) is 1. The molecule has 17 heavy (non-hydrogen) atoms. The van der Waals surface area contributed by atoms with Gasteiger partial charge in [-0.3, -0.25) is 4.90 Å². The zero-order valence-corrected chi connectivity index (χ0v) is 11.6. The maximum absolute atomic E-state index is 6.14. The molecule has 0 spiro atoms. The molecule has 2 rings (SSSR count). The summed E-state index contributed by atoms with van der Waals surface area (Å²) in [7, 11) is 0. The first-order chi connectivity index (χ1) is 8.19. The summed E-state index contributed by atoms with van der Waals surface area (Å²) in [6.07, 6.45) is 1.22. The van der Waals surface area contributed by atoms with E-state index in [0.29, 0.717) is 10.8 Å². The van der Waals surface area contributed by atoms with Gasteiger partial charge < -0.3 is 5.73 Å². The van der Waals surface area contributed by atoms with Crippen molar-refractivity contribution in [2.75, 3.05) is 24.6 Å². The van der Waals surface area contributed by atoms with Gasteiger partial charge in [-0.15, -0.1) is 0 Å². The van der Waals surface area contributed by atoms with Gasteiger partial charge in [0.15, 0.2) is 0 Å². The number of pyridine rings is 1. The minimum atomic E-state index is 0.544. The van der Waals surface area contributed by atoms with E-state index in [4.69, 9.17) is 17.3 Å². The Labute approximate surface area is 112 Å². The highest BCUT2D eigenvalue weighted by atomic mass is 35.5. The van der Waals surface area contributed by atoms with Crippen LogP contribution in [-0.2, 0) is 6.54 Å². The van der Waals surface area contributed by atoms with Crippen LogP contribution in [0.15, 0.2) is 12.1 Å². The Morgan fingerprint density at radius 2 is 2.41 bits per heavy atom. The van der Waals surface area contributed by atoms with Crippen molar-refractivity contribution >= 4 is 29.2 Å². The molecule has 94 valence electrons. The van der Waals surface area contributed by atoms with Gasteiger partial charge >= 0.3 is 0 Å². The SMILES string of the molecule is CCC1CN(Cc2nc(N)ccc2Cl)CCS1. The quantitative estimate of drug-likeness (QED) is 0.918. The molecule has 3 nitrogen and oxygen atoms in total. The number of hydrogen-bond acceptors (Lipinski definition) is 4. The van der Waals surface area contributed by atoms with Crippen molar-refractivity contribution in [1.82, 2.24) is 9.88 Å². The third kappa shape index (κ3) is 3.50. The van der Waals surface area contributed by atoms with Crippen LogP contribution in [0.2, 0.25) is 5.02 Å². The Morgan fingerprint density at radius 3 is 3.18 bits per heavy atom. The molecule has 2 N–H and O–H groups in total. The molecule has 0 bridgehead atoms. The summed E-state index contributed by atoms with van der Waals surface area (Å²) in [5.74, 6) is 1.74. The predicted octanol–water partition coefficient (Wildman–Crippen LogP) is 2.64. The highest BCUT2D eigenvalue weighted by Gasteiger charge is 2.20. The van der Waals surface area contributed by atoms with Crippen LogP contribution in [-0.4, -0.2) is 34.0 Å². The van der Waals surface area contributed by atoms with E-state index in [1.165, 1.54) is 12.2 Å². The molecule has 1 fully saturated rings. The van der Waals surface area contributed by atoms with Crippen molar-refractivity contribution in [3.8, 4) is 0 Å². The minimum Gasteiger partial charge on any atom is -0.384 e. The van der Waals surface area contributed by atoms with E-state index in [0.717, 1.165) is 30.6 Å². The summed E-state index contributed by atoms with van der Waals surface area (Å²) in [6.45, 7) is 5.27. The summed E-state index contributed by atoms with van der Waals surface area (Å²) in [5.41, 5.74) is 6.59. The van der Waals surface area contributed by atoms with Crippen LogP contribution in [0.4, 0.5) is 5.82 Å². The van der Waals surface area contributed by atoms with Crippen molar-refractivity contribution in [3.05, 3.63) is 22.8 Å². The van der Waals surface area contributed by atoms with E-state index in [1.807, 2.05) is 6.07 Å². The Bertz CT molecular complexity index is 386. The first-order valence-electron chi connectivity index (χ1n) is 5.94. The molecule has 1 saturated heterocycles. The second-order valence-corrected chi connectivity index (χ2v) is 6.12.